The summed E-state index contributed by atoms with van der Waals surface area (Å²) in [4.78, 5) is 12.5. The summed E-state index contributed by atoms with van der Waals surface area (Å²) in [6.07, 6.45) is 1.57. The normalized spacial score (nSPS) is 10.9. The first kappa shape index (κ1) is 13.2. The van der Waals surface area contributed by atoms with Gasteiger partial charge in [-0.3, -0.25) is 5.43 Å². The number of nitrogens with two attached hydrogens (primary N) is 1. The van der Waals surface area contributed by atoms with Gasteiger partial charge in [0.05, 0.1) is 6.33 Å². The van der Waals surface area contributed by atoms with Gasteiger partial charge in [-0.2, -0.15) is 9.97 Å². The number of anilines is 3. The standard InChI is InChI=1S/C12H11F2N7/c1-21-5-16-9-10(18-12(20-15)19-11(9)21)17-6-2-3-7(13)8(14)4-6/h2-5H,15H2,1H3,(H2,17,18,19,20). The highest BCUT2D eigenvalue weighted by Crippen LogP contribution is 2.24. The molecule has 0 aliphatic heterocycles. The highest BCUT2D eigenvalue weighted by Gasteiger charge is 2.12. The number of benzene rings is 1. The molecule has 21 heavy (non-hydrogen) atoms. The van der Waals surface area contributed by atoms with Crippen molar-refractivity contribution in [1.29, 1.82) is 0 Å². The van der Waals surface area contributed by atoms with Crippen LogP contribution in [0.4, 0.5) is 26.2 Å². The molecule has 0 radical (unpaired) electrons. The van der Waals surface area contributed by atoms with E-state index >= 15 is 0 Å². The maximum atomic E-state index is 13.2. The first-order chi connectivity index (χ1) is 10.1. The number of nitrogens with one attached hydrogen (secondary N) is 2. The predicted octanol–water partition coefficient (Wildman–Crippen LogP) is 1.67. The van der Waals surface area contributed by atoms with E-state index in [-0.39, 0.29) is 5.95 Å². The molecule has 0 spiro atoms. The molecule has 4 N–H and O–H groups in total. The van der Waals surface area contributed by atoms with Crippen molar-refractivity contribution in [3.8, 4) is 0 Å². The molecule has 9 heteroatoms. The molecule has 108 valence electrons. The van der Waals surface area contributed by atoms with E-state index in [0.717, 1.165) is 12.1 Å². The van der Waals surface area contributed by atoms with E-state index < -0.39 is 11.6 Å². The zero-order valence-electron chi connectivity index (χ0n) is 10.9. The summed E-state index contributed by atoms with van der Waals surface area (Å²) in [6, 6.07) is 3.45. The molecule has 0 amide bonds. The minimum atomic E-state index is -0.955. The van der Waals surface area contributed by atoms with Crippen molar-refractivity contribution in [3.63, 3.8) is 0 Å². The van der Waals surface area contributed by atoms with Crippen LogP contribution in [0.5, 0.6) is 0 Å². The second-order valence-electron chi connectivity index (χ2n) is 4.32. The Morgan fingerprint density at radius 1 is 1.19 bits per heavy atom. The van der Waals surface area contributed by atoms with Crippen molar-refractivity contribution in [2.75, 3.05) is 10.7 Å². The molecule has 1 aromatic carbocycles. The SMILES string of the molecule is Cn1cnc2c(Nc3ccc(F)c(F)c3)nc(NN)nc21. The molecule has 0 saturated heterocycles. The first-order valence-corrected chi connectivity index (χ1v) is 5.96. The predicted molar refractivity (Wildman–Crippen MR) is 73.8 cm³/mol. The number of imidazole rings is 1. The molecule has 0 aliphatic carbocycles. The van der Waals surface area contributed by atoms with Crippen LogP contribution in [0.3, 0.4) is 0 Å². The number of nitrogens with zero attached hydrogens (tertiary/aromatic N) is 4. The molecule has 0 atom stereocenters. The van der Waals surface area contributed by atoms with Gasteiger partial charge in [-0.25, -0.2) is 19.6 Å². The number of aromatic nitrogens is 4. The maximum Gasteiger partial charge on any atom is 0.241 e. The lowest BCUT2D eigenvalue weighted by Crippen LogP contribution is -2.12. The summed E-state index contributed by atoms with van der Waals surface area (Å²) in [5, 5.41) is 2.87. The van der Waals surface area contributed by atoms with Crippen LogP contribution in [0.2, 0.25) is 0 Å². The van der Waals surface area contributed by atoms with Crippen molar-refractivity contribution in [2.24, 2.45) is 12.9 Å². The van der Waals surface area contributed by atoms with E-state index in [1.807, 2.05) is 0 Å². The Labute approximate surface area is 117 Å². The van der Waals surface area contributed by atoms with Gasteiger partial charge in [0.25, 0.3) is 0 Å². The van der Waals surface area contributed by atoms with Crippen LogP contribution < -0.4 is 16.6 Å². The fourth-order valence-electron chi connectivity index (χ4n) is 1.87. The second-order valence-corrected chi connectivity index (χ2v) is 4.32. The fraction of sp³-hybridized carbons (Fsp3) is 0.0833. The molecular weight excluding hydrogens is 280 g/mol. The summed E-state index contributed by atoms with van der Waals surface area (Å²) < 4.78 is 27.9. The molecule has 3 rings (SSSR count). The van der Waals surface area contributed by atoms with Crippen LogP contribution in [0, 0.1) is 11.6 Å². The van der Waals surface area contributed by atoms with E-state index in [1.54, 1.807) is 17.9 Å². The topological polar surface area (TPSA) is 93.7 Å². The van der Waals surface area contributed by atoms with Gasteiger partial charge in [-0.15, -0.1) is 0 Å². The van der Waals surface area contributed by atoms with Crippen LogP contribution >= 0.6 is 0 Å². The molecule has 0 aliphatic rings. The van der Waals surface area contributed by atoms with Crippen molar-refractivity contribution in [3.05, 3.63) is 36.2 Å². The lowest BCUT2D eigenvalue weighted by atomic mass is 10.3. The van der Waals surface area contributed by atoms with Crippen LogP contribution in [0.1, 0.15) is 0 Å². The highest BCUT2D eigenvalue weighted by molar-refractivity contribution is 5.86. The van der Waals surface area contributed by atoms with Crippen LogP contribution in [-0.4, -0.2) is 19.5 Å². The summed E-state index contributed by atoms with van der Waals surface area (Å²) in [5.41, 5.74) is 3.71. The van der Waals surface area contributed by atoms with Gasteiger partial charge in [0.2, 0.25) is 5.95 Å². The average Bonchev–Trinajstić information content (AvgIpc) is 2.85. The zero-order valence-corrected chi connectivity index (χ0v) is 10.9. The number of halogens is 2. The van der Waals surface area contributed by atoms with E-state index in [9.17, 15) is 8.78 Å². The molecule has 2 heterocycles. The Bertz CT molecular complexity index is 815. The van der Waals surface area contributed by atoms with Crippen LogP contribution in [0.15, 0.2) is 24.5 Å². The maximum absolute atomic E-state index is 13.2. The summed E-state index contributed by atoms with van der Waals surface area (Å²) in [6.45, 7) is 0. The van der Waals surface area contributed by atoms with Crippen LogP contribution in [-0.2, 0) is 7.05 Å². The van der Waals surface area contributed by atoms with Crippen molar-refractivity contribution >= 4 is 28.6 Å². The summed E-state index contributed by atoms with van der Waals surface area (Å²) in [5.74, 6) is 3.96. The monoisotopic (exact) mass is 291 g/mol. The molecule has 2 aromatic heterocycles. The minimum absolute atomic E-state index is 0.177. The molecule has 0 bridgehead atoms. The van der Waals surface area contributed by atoms with Gasteiger partial charge >= 0.3 is 0 Å². The lowest BCUT2D eigenvalue weighted by Gasteiger charge is -2.08. The van der Waals surface area contributed by atoms with E-state index in [1.165, 1.54) is 6.07 Å². The first-order valence-electron chi connectivity index (χ1n) is 5.96. The lowest BCUT2D eigenvalue weighted by molar-refractivity contribution is 0.509. The number of hydrogen-bond donors (Lipinski definition) is 3. The summed E-state index contributed by atoms with van der Waals surface area (Å²) in [7, 11) is 1.77. The average molecular weight is 291 g/mol. The molecule has 0 saturated carbocycles. The quantitative estimate of drug-likeness (QED) is 0.502. The van der Waals surface area contributed by atoms with Gasteiger partial charge in [-0.05, 0) is 12.1 Å². The van der Waals surface area contributed by atoms with Crippen molar-refractivity contribution < 1.29 is 8.78 Å². The van der Waals surface area contributed by atoms with Gasteiger partial charge in [0.1, 0.15) is 0 Å². The Morgan fingerprint density at radius 2 is 2.00 bits per heavy atom. The number of fused-ring (bicyclic) bond motifs is 1. The number of nitrogen functional groups attached to an aromatic ring is 1. The van der Waals surface area contributed by atoms with Crippen LogP contribution in [0.25, 0.3) is 11.2 Å². The molecule has 0 fully saturated rings. The smallest absolute Gasteiger partial charge is 0.241 e. The Morgan fingerprint density at radius 3 is 2.71 bits per heavy atom. The van der Waals surface area contributed by atoms with Crippen molar-refractivity contribution in [1.82, 2.24) is 19.5 Å². The third-order valence-corrected chi connectivity index (χ3v) is 2.87. The Balaban J connectivity index is 2.08. The van der Waals surface area contributed by atoms with Gasteiger partial charge < -0.3 is 9.88 Å². The van der Waals surface area contributed by atoms with E-state index in [4.69, 9.17) is 5.84 Å². The van der Waals surface area contributed by atoms with Gasteiger partial charge in [0.15, 0.2) is 28.6 Å². The Hall–Kier alpha value is -2.81. The third-order valence-electron chi connectivity index (χ3n) is 2.87. The number of hydrogen-bond acceptors (Lipinski definition) is 6. The van der Waals surface area contributed by atoms with Gasteiger partial charge in [-0.1, -0.05) is 0 Å². The van der Waals surface area contributed by atoms with E-state index in [0.29, 0.717) is 22.7 Å². The largest absolute Gasteiger partial charge is 0.338 e. The number of aryl methyl sites for hydroxylation is 1. The van der Waals surface area contributed by atoms with Gasteiger partial charge in [0, 0.05) is 18.8 Å². The fourth-order valence-corrected chi connectivity index (χ4v) is 1.87. The molecule has 3 aromatic rings. The number of rotatable bonds is 3. The third kappa shape index (κ3) is 2.34. The summed E-state index contributed by atoms with van der Waals surface area (Å²) >= 11 is 0. The highest BCUT2D eigenvalue weighted by atomic mass is 19.2. The minimum Gasteiger partial charge on any atom is -0.338 e. The Kier molecular flexibility index (Phi) is 3.10. The van der Waals surface area contributed by atoms with E-state index in [2.05, 4.69) is 25.7 Å². The number of hydrazine groups is 1. The molecule has 0 unspecified atom stereocenters. The zero-order chi connectivity index (χ0) is 15.0. The molecular formula is C12H11F2N7. The van der Waals surface area contributed by atoms with Crippen molar-refractivity contribution in [2.45, 2.75) is 0 Å². The molecule has 7 nitrogen and oxygen atoms in total. The second kappa shape index (κ2) is 4.94.